The predicted octanol–water partition coefficient (Wildman–Crippen LogP) is 2.15. The third-order valence-electron chi connectivity index (χ3n) is 2.65. The van der Waals surface area contributed by atoms with Crippen LogP contribution in [0.1, 0.15) is 24.3 Å². The smallest absolute Gasteiger partial charge is 0.210 e. The largest absolute Gasteiger partial charge is 0.383 e. The highest BCUT2D eigenvalue weighted by atomic mass is 79.9. The molecule has 0 N–H and O–H groups in total. The van der Waals surface area contributed by atoms with E-state index in [1.54, 1.807) is 25.1 Å². The normalized spacial score (nSPS) is 13.0. The van der Waals surface area contributed by atoms with Crippen LogP contribution in [0.4, 0.5) is 0 Å². The Labute approximate surface area is 116 Å². The van der Waals surface area contributed by atoms with Crippen LogP contribution in [-0.2, 0) is 16.0 Å². The van der Waals surface area contributed by atoms with Gasteiger partial charge in [-0.3, -0.25) is 9.48 Å². The van der Waals surface area contributed by atoms with E-state index in [2.05, 4.69) is 21.0 Å². The van der Waals surface area contributed by atoms with Gasteiger partial charge in [0.1, 0.15) is 11.8 Å². The molecule has 0 saturated carbocycles. The Kier molecular flexibility index (Phi) is 5.98. The standard InChI is InChI=1S/C12H19BrN2O3/c1-8(2)12(18-4)11(16)10-9(13)7-14-15(10)5-6-17-3/h7-8,12H,5-6H2,1-4H3. The lowest BCUT2D eigenvalue weighted by atomic mass is 10.0. The van der Waals surface area contributed by atoms with Crippen LogP contribution in [0.2, 0.25) is 0 Å². The van der Waals surface area contributed by atoms with Gasteiger partial charge in [0.05, 0.1) is 23.8 Å². The van der Waals surface area contributed by atoms with Crippen LogP contribution in [0.5, 0.6) is 0 Å². The summed E-state index contributed by atoms with van der Waals surface area (Å²) < 4.78 is 12.6. The lowest BCUT2D eigenvalue weighted by Gasteiger charge is -2.18. The Morgan fingerprint density at radius 1 is 1.50 bits per heavy atom. The first kappa shape index (κ1) is 15.3. The predicted molar refractivity (Wildman–Crippen MR) is 71.8 cm³/mol. The molecule has 0 saturated heterocycles. The number of ketones is 1. The third-order valence-corrected chi connectivity index (χ3v) is 3.23. The number of hydrogen-bond acceptors (Lipinski definition) is 4. The minimum atomic E-state index is -0.459. The van der Waals surface area contributed by atoms with E-state index in [0.717, 1.165) is 0 Å². The summed E-state index contributed by atoms with van der Waals surface area (Å²) >= 11 is 3.36. The second-order valence-electron chi connectivity index (χ2n) is 4.32. The number of halogens is 1. The van der Waals surface area contributed by atoms with Gasteiger partial charge >= 0.3 is 0 Å². The number of methoxy groups -OCH3 is 2. The quantitative estimate of drug-likeness (QED) is 0.723. The number of Topliss-reactive ketones (excluding diaryl/α,β-unsaturated/α-hetero) is 1. The first-order chi connectivity index (χ1) is 8.52. The van der Waals surface area contributed by atoms with Crippen molar-refractivity contribution in [3.8, 4) is 0 Å². The van der Waals surface area contributed by atoms with Crippen LogP contribution in [0.3, 0.4) is 0 Å². The molecule has 0 radical (unpaired) electrons. The zero-order valence-electron chi connectivity index (χ0n) is 11.1. The molecule has 0 aromatic carbocycles. The average Bonchev–Trinajstić information content (AvgIpc) is 2.68. The van der Waals surface area contributed by atoms with Gasteiger partial charge in [0, 0.05) is 14.2 Å². The summed E-state index contributed by atoms with van der Waals surface area (Å²) in [6.07, 6.45) is 1.16. The topological polar surface area (TPSA) is 53.4 Å². The Morgan fingerprint density at radius 3 is 2.67 bits per heavy atom. The number of nitrogens with zero attached hydrogens (tertiary/aromatic N) is 2. The van der Waals surface area contributed by atoms with Crippen molar-refractivity contribution in [1.82, 2.24) is 9.78 Å². The number of ether oxygens (including phenoxy) is 2. The third kappa shape index (κ3) is 3.40. The van der Waals surface area contributed by atoms with Gasteiger partial charge in [-0.05, 0) is 21.8 Å². The molecule has 0 aliphatic carbocycles. The lowest BCUT2D eigenvalue weighted by Crippen LogP contribution is -2.31. The van der Waals surface area contributed by atoms with Crippen molar-refractivity contribution in [3.63, 3.8) is 0 Å². The SMILES string of the molecule is COCCn1ncc(Br)c1C(=O)C(OC)C(C)C. The molecule has 0 aliphatic rings. The highest BCUT2D eigenvalue weighted by molar-refractivity contribution is 9.10. The summed E-state index contributed by atoms with van der Waals surface area (Å²) in [5, 5.41) is 4.16. The second-order valence-corrected chi connectivity index (χ2v) is 5.18. The minimum Gasteiger partial charge on any atom is -0.383 e. The van der Waals surface area contributed by atoms with E-state index < -0.39 is 6.10 Å². The van der Waals surface area contributed by atoms with Crippen LogP contribution >= 0.6 is 15.9 Å². The maximum Gasteiger partial charge on any atom is 0.210 e. The molecular formula is C12H19BrN2O3. The van der Waals surface area contributed by atoms with Gasteiger partial charge in [0.2, 0.25) is 5.78 Å². The van der Waals surface area contributed by atoms with Crippen molar-refractivity contribution in [2.75, 3.05) is 20.8 Å². The van der Waals surface area contributed by atoms with Crippen molar-refractivity contribution in [3.05, 3.63) is 16.4 Å². The first-order valence-corrected chi connectivity index (χ1v) is 6.59. The van der Waals surface area contributed by atoms with Crippen molar-refractivity contribution in [1.29, 1.82) is 0 Å². The molecule has 6 heteroatoms. The van der Waals surface area contributed by atoms with E-state index in [1.807, 2.05) is 13.8 Å². The molecule has 1 aromatic heterocycles. The van der Waals surface area contributed by atoms with Crippen LogP contribution in [0.25, 0.3) is 0 Å². The summed E-state index contributed by atoms with van der Waals surface area (Å²) in [6, 6.07) is 0. The van der Waals surface area contributed by atoms with Gasteiger partial charge in [-0.25, -0.2) is 0 Å². The Hall–Kier alpha value is -0.720. The average molecular weight is 319 g/mol. The summed E-state index contributed by atoms with van der Waals surface area (Å²) in [7, 11) is 3.17. The minimum absolute atomic E-state index is 0.0621. The van der Waals surface area contributed by atoms with Crippen molar-refractivity contribution in [2.45, 2.75) is 26.5 Å². The number of carbonyl (C=O) groups is 1. The molecule has 1 atom stereocenters. The summed E-state index contributed by atoms with van der Waals surface area (Å²) in [6.45, 7) is 4.96. The maximum atomic E-state index is 12.4. The zero-order chi connectivity index (χ0) is 13.7. The highest BCUT2D eigenvalue weighted by Crippen LogP contribution is 2.21. The monoisotopic (exact) mass is 318 g/mol. The molecule has 1 unspecified atom stereocenters. The van der Waals surface area contributed by atoms with Crippen molar-refractivity contribution in [2.24, 2.45) is 5.92 Å². The number of carbonyl (C=O) groups excluding carboxylic acids is 1. The molecule has 1 rings (SSSR count). The molecule has 0 fully saturated rings. The van der Waals surface area contributed by atoms with Gasteiger partial charge < -0.3 is 9.47 Å². The fraction of sp³-hybridized carbons (Fsp3) is 0.667. The first-order valence-electron chi connectivity index (χ1n) is 5.80. The zero-order valence-corrected chi connectivity index (χ0v) is 12.7. The van der Waals surface area contributed by atoms with E-state index in [1.165, 1.54) is 0 Å². The number of aromatic nitrogens is 2. The molecule has 102 valence electrons. The van der Waals surface area contributed by atoms with Crippen molar-refractivity contribution >= 4 is 21.7 Å². The summed E-state index contributed by atoms with van der Waals surface area (Å²) in [4.78, 5) is 12.4. The van der Waals surface area contributed by atoms with Gasteiger partial charge in [-0.1, -0.05) is 13.8 Å². The Bertz CT molecular complexity index is 404. The molecule has 0 aliphatic heterocycles. The van der Waals surface area contributed by atoms with Gasteiger partial charge in [-0.2, -0.15) is 5.10 Å². The van der Waals surface area contributed by atoms with E-state index >= 15 is 0 Å². The second kappa shape index (κ2) is 7.01. The van der Waals surface area contributed by atoms with Crippen molar-refractivity contribution < 1.29 is 14.3 Å². The van der Waals surface area contributed by atoms with E-state index in [4.69, 9.17) is 9.47 Å². The number of rotatable bonds is 7. The van der Waals surface area contributed by atoms with Gasteiger partial charge in [-0.15, -0.1) is 0 Å². The number of hydrogen-bond donors (Lipinski definition) is 0. The molecular weight excluding hydrogens is 300 g/mol. The van der Waals surface area contributed by atoms with Gasteiger partial charge in [0.25, 0.3) is 0 Å². The molecule has 18 heavy (non-hydrogen) atoms. The lowest BCUT2D eigenvalue weighted by molar-refractivity contribution is 0.0445. The molecule has 0 spiro atoms. The van der Waals surface area contributed by atoms with E-state index in [-0.39, 0.29) is 11.7 Å². The highest BCUT2D eigenvalue weighted by Gasteiger charge is 2.28. The van der Waals surface area contributed by atoms with Crippen LogP contribution < -0.4 is 0 Å². The fourth-order valence-corrected chi connectivity index (χ4v) is 2.26. The van der Waals surface area contributed by atoms with Crippen LogP contribution in [-0.4, -0.2) is 42.5 Å². The molecule has 0 bridgehead atoms. The molecule has 5 nitrogen and oxygen atoms in total. The maximum absolute atomic E-state index is 12.4. The molecule has 1 aromatic rings. The van der Waals surface area contributed by atoms with Crippen LogP contribution in [0, 0.1) is 5.92 Å². The summed E-state index contributed by atoms with van der Waals surface area (Å²) in [5.41, 5.74) is 0.535. The molecule has 0 amide bonds. The van der Waals surface area contributed by atoms with E-state index in [0.29, 0.717) is 23.3 Å². The van der Waals surface area contributed by atoms with Gasteiger partial charge in [0.15, 0.2) is 0 Å². The Balaban J connectivity index is 2.99. The fourth-order valence-electron chi connectivity index (χ4n) is 1.77. The Morgan fingerprint density at radius 2 is 2.17 bits per heavy atom. The van der Waals surface area contributed by atoms with Crippen LogP contribution in [0.15, 0.2) is 10.7 Å². The molecule has 1 heterocycles. The van der Waals surface area contributed by atoms with E-state index in [9.17, 15) is 4.79 Å². The summed E-state index contributed by atoms with van der Waals surface area (Å²) in [5.74, 6) is 0.0492.